The molecular weight excluding hydrogens is 192 g/mol. The van der Waals surface area contributed by atoms with Crippen LogP contribution in [0.2, 0.25) is 0 Å². The lowest BCUT2D eigenvalue weighted by molar-refractivity contribution is 0.828. The third kappa shape index (κ3) is 5.74. The topological polar surface area (TPSA) is 0 Å². The Labute approximate surface area is 98.4 Å². The maximum atomic E-state index is 3.08. The molecule has 0 N–H and O–H groups in total. The predicted octanol–water partition coefficient (Wildman–Crippen LogP) is 3.79. The van der Waals surface area contributed by atoms with Crippen LogP contribution in [0.5, 0.6) is 0 Å². The monoisotopic (exact) mass is 208 g/mol. The van der Waals surface area contributed by atoms with Gasteiger partial charge in [-0.05, 0) is 30.7 Å². The Bertz CT molecular complexity index is 430. The van der Waals surface area contributed by atoms with Crippen LogP contribution in [-0.2, 0) is 0 Å². The Morgan fingerprint density at radius 3 is 2.56 bits per heavy atom. The minimum atomic E-state index is 0.979. The fraction of sp³-hybridized carbons (Fsp3) is 0.250. The number of rotatable bonds is 2. The zero-order valence-electron chi connectivity index (χ0n) is 9.66. The molecule has 16 heavy (non-hydrogen) atoms. The fourth-order valence-corrected chi connectivity index (χ4v) is 1.13. The quantitative estimate of drug-likeness (QED) is 0.512. The maximum absolute atomic E-state index is 3.08. The van der Waals surface area contributed by atoms with E-state index in [9.17, 15) is 0 Å². The SMILES string of the molecule is CCCCC#C/C=C\C#Cc1ccccc1. The average Bonchev–Trinajstić information content (AvgIpc) is 2.34. The second kappa shape index (κ2) is 8.39. The highest BCUT2D eigenvalue weighted by Crippen LogP contribution is 1.94. The Kier molecular flexibility index (Phi) is 6.37. The highest BCUT2D eigenvalue weighted by atomic mass is 13.8. The average molecular weight is 208 g/mol. The molecule has 1 rings (SSSR count). The van der Waals surface area contributed by atoms with Crippen molar-refractivity contribution in [2.75, 3.05) is 0 Å². The number of hydrogen-bond acceptors (Lipinski definition) is 0. The molecular formula is C16H16. The number of allylic oxidation sites excluding steroid dienone is 2. The standard InChI is InChI=1S/C16H16/c1-2-3-4-5-6-7-8-10-13-16-14-11-9-12-15-16/h7-9,11-12,14-15H,2-4H2,1H3/b8-7-. The van der Waals surface area contributed by atoms with E-state index < -0.39 is 0 Å². The van der Waals surface area contributed by atoms with Crippen LogP contribution >= 0.6 is 0 Å². The van der Waals surface area contributed by atoms with Crippen LogP contribution in [0, 0.1) is 23.7 Å². The zero-order chi connectivity index (χ0) is 11.5. The molecule has 0 spiro atoms. The molecule has 0 saturated heterocycles. The van der Waals surface area contributed by atoms with Crippen molar-refractivity contribution < 1.29 is 0 Å². The summed E-state index contributed by atoms with van der Waals surface area (Å²) in [6, 6.07) is 9.94. The largest absolute Gasteiger partial charge is 0.0985 e. The Morgan fingerprint density at radius 1 is 1.06 bits per heavy atom. The molecule has 1 aromatic carbocycles. The molecule has 80 valence electrons. The molecule has 0 atom stereocenters. The van der Waals surface area contributed by atoms with Crippen molar-refractivity contribution in [3.05, 3.63) is 48.0 Å². The van der Waals surface area contributed by atoms with Crippen LogP contribution in [0.3, 0.4) is 0 Å². The van der Waals surface area contributed by atoms with Crippen LogP contribution in [-0.4, -0.2) is 0 Å². The number of benzene rings is 1. The summed E-state index contributed by atoms with van der Waals surface area (Å²) in [5, 5.41) is 0. The lowest BCUT2D eigenvalue weighted by Gasteiger charge is -1.84. The van der Waals surface area contributed by atoms with E-state index in [1.165, 1.54) is 12.8 Å². The zero-order valence-corrected chi connectivity index (χ0v) is 9.66. The molecule has 0 nitrogen and oxygen atoms in total. The molecule has 0 aromatic heterocycles. The van der Waals surface area contributed by atoms with Gasteiger partial charge in [0.15, 0.2) is 0 Å². The van der Waals surface area contributed by atoms with E-state index in [0.29, 0.717) is 0 Å². The number of unbranched alkanes of at least 4 members (excludes halogenated alkanes) is 2. The molecule has 0 heterocycles. The molecule has 0 bridgehead atoms. The molecule has 0 amide bonds. The van der Waals surface area contributed by atoms with Gasteiger partial charge >= 0.3 is 0 Å². The molecule has 0 saturated carbocycles. The Balaban J connectivity index is 2.36. The smallest absolute Gasteiger partial charge is 0.0248 e. The van der Waals surface area contributed by atoms with Crippen molar-refractivity contribution in [1.82, 2.24) is 0 Å². The van der Waals surface area contributed by atoms with Gasteiger partial charge in [-0.1, -0.05) is 55.2 Å². The molecule has 0 radical (unpaired) electrons. The van der Waals surface area contributed by atoms with Crippen molar-refractivity contribution in [2.24, 2.45) is 0 Å². The third-order valence-corrected chi connectivity index (χ3v) is 2.00. The van der Waals surface area contributed by atoms with Gasteiger partial charge in [0.1, 0.15) is 0 Å². The summed E-state index contributed by atoms with van der Waals surface area (Å²) >= 11 is 0. The van der Waals surface area contributed by atoms with Gasteiger partial charge in [0.05, 0.1) is 0 Å². The van der Waals surface area contributed by atoms with Gasteiger partial charge in [-0.3, -0.25) is 0 Å². The first-order chi connectivity index (χ1) is 7.93. The first-order valence-corrected chi connectivity index (χ1v) is 5.63. The van der Waals surface area contributed by atoms with Crippen molar-refractivity contribution in [2.45, 2.75) is 26.2 Å². The van der Waals surface area contributed by atoms with Crippen LogP contribution in [0.1, 0.15) is 31.7 Å². The molecule has 0 aliphatic rings. The molecule has 0 fully saturated rings. The van der Waals surface area contributed by atoms with Gasteiger partial charge < -0.3 is 0 Å². The Morgan fingerprint density at radius 2 is 1.81 bits per heavy atom. The van der Waals surface area contributed by atoms with Crippen molar-refractivity contribution in [1.29, 1.82) is 0 Å². The van der Waals surface area contributed by atoms with Gasteiger partial charge in [0.25, 0.3) is 0 Å². The van der Waals surface area contributed by atoms with E-state index in [0.717, 1.165) is 12.0 Å². The summed E-state index contributed by atoms with van der Waals surface area (Å²) < 4.78 is 0. The van der Waals surface area contributed by atoms with E-state index in [1.807, 2.05) is 36.4 Å². The van der Waals surface area contributed by atoms with E-state index in [1.54, 1.807) is 6.08 Å². The summed E-state index contributed by atoms with van der Waals surface area (Å²) in [6.07, 6.45) is 6.97. The van der Waals surface area contributed by atoms with Crippen molar-refractivity contribution in [3.63, 3.8) is 0 Å². The first-order valence-electron chi connectivity index (χ1n) is 5.63. The normalized spacial score (nSPS) is 9.06. The molecule has 0 aliphatic carbocycles. The van der Waals surface area contributed by atoms with Crippen molar-refractivity contribution >= 4 is 0 Å². The van der Waals surface area contributed by atoms with Gasteiger partial charge in [-0.2, -0.15) is 0 Å². The maximum Gasteiger partial charge on any atom is 0.0248 e. The fourth-order valence-electron chi connectivity index (χ4n) is 1.13. The van der Waals surface area contributed by atoms with E-state index >= 15 is 0 Å². The minimum absolute atomic E-state index is 0.979. The molecule has 0 aliphatic heterocycles. The summed E-state index contributed by atoms with van der Waals surface area (Å²) in [6.45, 7) is 2.17. The Hall–Kier alpha value is -1.92. The van der Waals surface area contributed by atoms with Crippen molar-refractivity contribution in [3.8, 4) is 23.7 Å². The van der Waals surface area contributed by atoms with Gasteiger partial charge in [0, 0.05) is 12.0 Å². The minimum Gasteiger partial charge on any atom is -0.0985 e. The highest BCUT2D eigenvalue weighted by Gasteiger charge is 1.78. The molecule has 1 aromatic rings. The summed E-state index contributed by atoms with van der Waals surface area (Å²) in [4.78, 5) is 0. The van der Waals surface area contributed by atoms with Gasteiger partial charge in [-0.25, -0.2) is 0 Å². The highest BCUT2D eigenvalue weighted by molar-refractivity contribution is 5.37. The van der Waals surface area contributed by atoms with Crippen LogP contribution in [0.4, 0.5) is 0 Å². The molecule has 0 unspecified atom stereocenters. The van der Waals surface area contributed by atoms with Crippen LogP contribution in [0.25, 0.3) is 0 Å². The number of hydrogen-bond donors (Lipinski definition) is 0. The second-order valence-electron chi connectivity index (χ2n) is 3.39. The second-order valence-corrected chi connectivity index (χ2v) is 3.39. The van der Waals surface area contributed by atoms with E-state index in [2.05, 4.69) is 30.6 Å². The van der Waals surface area contributed by atoms with Gasteiger partial charge in [0.2, 0.25) is 0 Å². The third-order valence-electron chi connectivity index (χ3n) is 2.00. The predicted molar refractivity (Wildman–Crippen MR) is 69.8 cm³/mol. The van der Waals surface area contributed by atoms with E-state index in [-0.39, 0.29) is 0 Å². The lowest BCUT2D eigenvalue weighted by atomic mass is 10.2. The molecule has 0 heteroatoms. The lowest BCUT2D eigenvalue weighted by Crippen LogP contribution is -1.69. The summed E-state index contributed by atoms with van der Waals surface area (Å²) in [5.41, 5.74) is 1.03. The van der Waals surface area contributed by atoms with E-state index in [4.69, 9.17) is 0 Å². The van der Waals surface area contributed by atoms with Crippen LogP contribution in [0.15, 0.2) is 42.5 Å². The first kappa shape index (κ1) is 12.2. The van der Waals surface area contributed by atoms with Crippen LogP contribution < -0.4 is 0 Å². The van der Waals surface area contributed by atoms with Gasteiger partial charge in [-0.15, -0.1) is 0 Å². The summed E-state index contributed by atoms with van der Waals surface area (Å²) in [7, 11) is 0. The summed E-state index contributed by atoms with van der Waals surface area (Å²) in [5.74, 6) is 12.1.